The third-order valence-corrected chi connectivity index (χ3v) is 1.29. The molecule has 0 atom stereocenters. The zero-order valence-electron chi connectivity index (χ0n) is 8.83. The van der Waals surface area contributed by atoms with Gasteiger partial charge in [0.2, 0.25) is 0 Å². The Morgan fingerprint density at radius 1 is 1.25 bits per heavy atom. The van der Waals surface area contributed by atoms with Crippen LogP contribution in [0.4, 0.5) is 0 Å². The van der Waals surface area contributed by atoms with Crippen molar-refractivity contribution in [2.75, 3.05) is 0 Å². The van der Waals surface area contributed by atoms with Crippen molar-refractivity contribution >= 4 is 6.19 Å². The average molecular weight is 162 g/mol. The summed E-state index contributed by atoms with van der Waals surface area (Å²) in [6.07, 6.45) is 0.355. The summed E-state index contributed by atoms with van der Waals surface area (Å²) in [6, 6.07) is 9.58. The highest BCUT2D eigenvalue weighted by molar-refractivity contribution is 5.79. The highest BCUT2D eigenvalue weighted by atomic mass is 14.8. The number of rotatable bonds is 1. The van der Waals surface area contributed by atoms with E-state index in [4.69, 9.17) is 1.37 Å². The predicted octanol–water partition coefficient (Wildman–Crippen LogP) is 2.90. The highest BCUT2D eigenvalue weighted by Gasteiger charge is 2.03. The van der Waals surface area contributed by atoms with Gasteiger partial charge in [-0.3, -0.25) is 4.99 Å². The lowest BCUT2D eigenvalue weighted by Crippen LogP contribution is -2.09. The molecule has 1 aromatic rings. The second-order valence-corrected chi connectivity index (χ2v) is 3.76. The monoisotopic (exact) mass is 162 g/mol. The van der Waals surface area contributed by atoms with Crippen LogP contribution >= 0.6 is 0 Å². The van der Waals surface area contributed by atoms with Crippen LogP contribution in [0.25, 0.3) is 0 Å². The normalized spacial score (nSPS) is 14.2. The Kier molecular flexibility index (Phi) is 2.21. The molecule has 0 aliphatic rings. The van der Waals surface area contributed by atoms with E-state index in [1.165, 1.54) is 0 Å². The van der Waals surface area contributed by atoms with E-state index < -0.39 is 0 Å². The minimum Gasteiger partial charge on any atom is -0.287 e. The van der Waals surface area contributed by atoms with E-state index in [2.05, 4.69) is 4.99 Å². The summed E-state index contributed by atoms with van der Waals surface area (Å²) in [5.74, 6) is 0. The molecule has 0 bridgehead atoms. The zero-order valence-corrected chi connectivity index (χ0v) is 7.83. The number of hydrogen-bond acceptors (Lipinski definition) is 1. The maximum absolute atomic E-state index is 7.72. The third kappa shape index (κ3) is 3.33. The van der Waals surface area contributed by atoms with Gasteiger partial charge in [0, 0.05) is 6.19 Å². The van der Waals surface area contributed by atoms with Gasteiger partial charge < -0.3 is 0 Å². The van der Waals surface area contributed by atoms with Gasteiger partial charge in [0.15, 0.2) is 0 Å². The summed E-state index contributed by atoms with van der Waals surface area (Å²) in [7, 11) is 0. The van der Waals surface area contributed by atoms with Crippen LogP contribution in [0.5, 0.6) is 0 Å². The van der Waals surface area contributed by atoms with Gasteiger partial charge in [0.05, 0.1) is 6.91 Å². The summed E-state index contributed by atoms with van der Waals surface area (Å²) < 4.78 is 7.72. The topological polar surface area (TPSA) is 12.4 Å². The lowest BCUT2D eigenvalue weighted by atomic mass is 10.1. The number of nitrogens with zero attached hydrogens (tertiary/aromatic N) is 1. The van der Waals surface area contributed by atoms with Crippen molar-refractivity contribution in [3.8, 4) is 0 Å². The minimum atomic E-state index is -0.174. The molecule has 12 heavy (non-hydrogen) atoms. The summed E-state index contributed by atoms with van der Waals surface area (Å²) in [4.78, 5) is 4.26. The van der Waals surface area contributed by atoms with E-state index in [1.54, 1.807) is 0 Å². The summed E-state index contributed by atoms with van der Waals surface area (Å²) >= 11 is 0. The third-order valence-electron chi connectivity index (χ3n) is 1.29. The first kappa shape index (κ1) is 7.53. The van der Waals surface area contributed by atoms with Crippen molar-refractivity contribution < 1.29 is 1.37 Å². The molecule has 1 aromatic carbocycles. The Morgan fingerprint density at radius 3 is 2.33 bits per heavy atom. The number of hydrogen-bond donors (Lipinski definition) is 0. The molecule has 0 saturated heterocycles. The molecule has 0 fully saturated rings. The lowest BCUT2D eigenvalue weighted by Gasteiger charge is -2.10. The fourth-order valence-electron chi connectivity index (χ4n) is 0.745. The molecule has 1 rings (SSSR count). The molecule has 0 N–H and O–H groups in total. The van der Waals surface area contributed by atoms with Gasteiger partial charge in [-0.1, -0.05) is 30.3 Å². The van der Waals surface area contributed by atoms with Gasteiger partial charge in [-0.25, -0.2) is 0 Å². The highest BCUT2D eigenvalue weighted by Crippen LogP contribution is 2.06. The standard InChI is InChI=1S/C11H15N/c1-11(2,3)12-9-10-7-5-4-6-8-10/h4-9H,1-3H3/i9D. The van der Waals surface area contributed by atoms with Gasteiger partial charge in [0.1, 0.15) is 0 Å². The molecule has 0 aliphatic carbocycles. The average Bonchev–Trinajstić information content (AvgIpc) is 2.03. The molecule has 0 aromatic heterocycles. The molecule has 64 valence electrons. The molecule has 0 amide bonds. The summed E-state index contributed by atoms with van der Waals surface area (Å²) in [6.45, 7) is 5.97. The first-order valence-corrected chi connectivity index (χ1v) is 4.11. The van der Waals surface area contributed by atoms with Crippen molar-refractivity contribution in [3.05, 3.63) is 35.9 Å². The van der Waals surface area contributed by atoms with Gasteiger partial charge in [-0.2, -0.15) is 0 Å². The van der Waals surface area contributed by atoms with Gasteiger partial charge in [-0.05, 0) is 26.3 Å². The van der Waals surface area contributed by atoms with E-state index in [-0.39, 0.29) is 5.54 Å². The fraction of sp³-hybridized carbons (Fsp3) is 0.364. The molecule has 0 spiro atoms. The molecule has 1 heteroatoms. The first-order chi connectivity index (χ1) is 5.99. The minimum absolute atomic E-state index is 0.174. The SMILES string of the molecule is [2H]C(=NC(C)(C)C)c1ccccc1. The van der Waals surface area contributed by atoms with Crippen molar-refractivity contribution in [1.82, 2.24) is 0 Å². The quantitative estimate of drug-likeness (QED) is 0.563. The largest absolute Gasteiger partial charge is 0.287 e. The maximum atomic E-state index is 7.72. The predicted molar refractivity (Wildman–Crippen MR) is 53.8 cm³/mol. The van der Waals surface area contributed by atoms with E-state index in [9.17, 15) is 0 Å². The van der Waals surface area contributed by atoms with Crippen LogP contribution in [0.15, 0.2) is 35.3 Å². The molecule has 0 unspecified atom stereocenters. The molecule has 0 aliphatic heterocycles. The van der Waals surface area contributed by atoms with Crippen molar-refractivity contribution in [2.45, 2.75) is 26.3 Å². The van der Waals surface area contributed by atoms with Crippen LogP contribution in [0.2, 0.25) is 0 Å². The van der Waals surface area contributed by atoms with Crippen LogP contribution in [0.1, 0.15) is 27.7 Å². The smallest absolute Gasteiger partial charge is 0.0842 e. The molecule has 0 radical (unpaired) electrons. The Balaban J connectivity index is 2.92. The maximum Gasteiger partial charge on any atom is 0.0842 e. The van der Waals surface area contributed by atoms with Gasteiger partial charge >= 0.3 is 0 Å². The molecular weight excluding hydrogens is 146 g/mol. The lowest BCUT2D eigenvalue weighted by molar-refractivity contribution is 0.586. The number of benzene rings is 1. The van der Waals surface area contributed by atoms with Crippen molar-refractivity contribution in [3.63, 3.8) is 0 Å². The van der Waals surface area contributed by atoms with E-state index in [0.29, 0.717) is 6.19 Å². The number of aliphatic imine (C=N–C) groups is 1. The molecule has 0 saturated carbocycles. The van der Waals surface area contributed by atoms with E-state index in [1.807, 2.05) is 51.1 Å². The molecular formula is C11H15N. The fourth-order valence-corrected chi connectivity index (χ4v) is 0.745. The zero-order chi connectivity index (χ0) is 9.90. The summed E-state index contributed by atoms with van der Waals surface area (Å²) in [5.41, 5.74) is 0.699. The van der Waals surface area contributed by atoms with E-state index >= 15 is 0 Å². The van der Waals surface area contributed by atoms with E-state index in [0.717, 1.165) is 5.56 Å². The van der Waals surface area contributed by atoms with Gasteiger partial charge in [-0.15, -0.1) is 0 Å². The van der Waals surface area contributed by atoms with Crippen LogP contribution < -0.4 is 0 Å². The van der Waals surface area contributed by atoms with Crippen LogP contribution in [0, 0.1) is 0 Å². The van der Waals surface area contributed by atoms with Crippen LogP contribution in [0.3, 0.4) is 0 Å². The first-order valence-electron chi connectivity index (χ1n) is 4.61. The second-order valence-electron chi connectivity index (χ2n) is 3.76. The molecule has 0 heterocycles. The van der Waals surface area contributed by atoms with Gasteiger partial charge in [0.25, 0.3) is 0 Å². The van der Waals surface area contributed by atoms with Crippen molar-refractivity contribution in [2.24, 2.45) is 4.99 Å². The van der Waals surface area contributed by atoms with Crippen LogP contribution in [-0.2, 0) is 0 Å². The second kappa shape index (κ2) is 3.53. The van der Waals surface area contributed by atoms with Crippen LogP contribution in [-0.4, -0.2) is 11.7 Å². The Labute approximate surface area is 75.6 Å². The molecule has 1 nitrogen and oxygen atoms in total. The van der Waals surface area contributed by atoms with Crippen molar-refractivity contribution in [1.29, 1.82) is 0 Å². The Morgan fingerprint density at radius 2 is 1.83 bits per heavy atom. The Hall–Kier alpha value is -1.11. The Bertz CT molecular complexity index is 296. The summed E-state index contributed by atoms with van der Waals surface area (Å²) in [5, 5.41) is 0.